The molecule has 0 bridgehead atoms. The molecule has 2 heterocycles. The molecule has 0 aromatic carbocycles. The van der Waals surface area contributed by atoms with Crippen molar-refractivity contribution in [3.8, 4) is 0 Å². The second-order valence-corrected chi connectivity index (χ2v) is 4.78. The molecule has 0 aliphatic carbocycles. The zero-order chi connectivity index (χ0) is 10.7. The van der Waals surface area contributed by atoms with Gasteiger partial charge in [-0.15, -0.1) is 0 Å². The third-order valence-corrected chi connectivity index (χ3v) is 3.32. The van der Waals surface area contributed by atoms with Gasteiger partial charge in [0.2, 0.25) is 0 Å². The summed E-state index contributed by atoms with van der Waals surface area (Å²) < 4.78 is 2.24. The fraction of sp³-hybridized carbons (Fsp3) is 0.750. The highest BCUT2D eigenvalue weighted by atomic mass is 15.2. The van der Waals surface area contributed by atoms with Gasteiger partial charge >= 0.3 is 0 Å². The molecule has 15 heavy (non-hydrogen) atoms. The lowest BCUT2D eigenvalue weighted by molar-refractivity contribution is 0.178. The minimum atomic E-state index is 0.877. The van der Waals surface area contributed by atoms with Gasteiger partial charge in [-0.3, -0.25) is 0 Å². The predicted octanol–water partition coefficient (Wildman–Crippen LogP) is 1.92. The van der Waals surface area contributed by atoms with E-state index in [1.165, 1.54) is 38.2 Å². The number of hydrogen-bond donors (Lipinski definition) is 0. The lowest BCUT2D eigenvalue weighted by atomic mass is 10.0. The molecule has 1 aliphatic heterocycles. The maximum absolute atomic E-state index is 4.14. The highest BCUT2D eigenvalue weighted by molar-refractivity contribution is 4.94. The third kappa shape index (κ3) is 2.81. The summed E-state index contributed by atoms with van der Waals surface area (Å²) in [5.74, 6) is 0.877. The summed E-state index contributed by atoms with van der Waals surface area (Å²) in [6.07, 6.45) is 6.63. The molecule has 1 aromatic heterocycles. The van der Waals surface area contributed by atoms with Crippen LogP contribution in [0.4, 0.5) is 0 Å². The summed E-state index contributed by atoms with van der Waals surface area (Å²) in [6, 6.07) is 0. The van der Waals surface area contributed by atoms with Gasteiger partial charge in [0.15, 0.2) is 0 Å². The summed E-state index contributed by atoms with van der Waals surface area (Å²) in [6.45, 7) is 9.27. The van der Waals surface area contributed by atoms with Gasteiger partial charge in [-0.2, -0.15) is 0 Å². The molecule has 0 radical (unpaired) electrons. The minimum Gasteiger partial charge on any atom is -0.334 e. The number of aryl methyl sites for hydroxylation is 1. The summed E-state index contributed by atoms with van der Waals surface area (Å²) in [7, 11) is 0. The Hall–Kier alpha value is -0.830. The van der Waals surface area contributed by atoms with E-state index in [0.29, 0.717) is 0 Å². The van der Waals surface area contributed by atoms with E-state index in [4.69, 9.17) is 0 Å². The van der Waals surface area contributed by atoms with Crippen molar-refractivity contribution in [1.82, 2.24) is 14.5 Å². The van der Waals surface area contributed by atoms with Gasteiger partial charge in [-0.25, -0.2) is 4.98 Å². The molecule has 0 amide bonds. The van der Waals surface area contributed by atoms with Gasteiger partial charge < -0.3 is 9.47 Å². The van der Waals surface area contributed by atoms with E-state index < -0.39 is 0 Å². The van der Waals surface area contributed by atoms with E-state index in [2.05, 4.69) is 28.3 Å². The number of nitrogens with zero attached hydrogens (tertiary/aromatic N) is 3. The predicted molar refractivity (Wildman–Crippen MR) is 61.8 cm³/mol. The number of piperidine rings is 1. The fourth-order valence-corrected chi connectivity index (χ4v) is 2.36. The molecule has 0 N–H and O–H groups in total. The molecular formula is C12H21N3. The molecule has 2 rings (SSSR count). The van der Waals surface area contributed by atoms with Crippen molar-refractivity contribution < 1.29 is 0 Å². The zero-order valence-corrected chi connectivity index (χ0v) is 9.82. The van der Waals surface area contributed by atoms with Crippen molar-refractivity contribution in [3.05, 3.63) is 18.2 Å². The summed E-state index contributed by atoms with van der Waals surface area (Å²) in [5, 5.41) is 0. The second kappa shape index (κ2) is 4.79. The lowest BCUT2D eigenvalue weighted by Gasteiger charge is -2.30. The molecule has 1 aliphatic rings. The number of hydrogen-bond acceptors (Lipinski definition) is 2. The highest BCUT2D eigenvalue weighted by Crippen LogP contribution is 2.15. The Kier molecular flexibility index (Phi) is 3.41. The normalized spacial score (nSPS) is 23.2. The van der Waals surface area contributed by atoms with Crippen LogP contribution in [0.3, 0.4) is 0 Å². The number of rotatable bonds is 3. The van der Waals surface area contributed by atoms with Crippen LogP contribution >= 0.6 is 0 Å². The lowest BCUT2D eigenvalue weighted by Crippen LogP contribution is -2.36. The van der Waals surface area contributed by atoms with Gasteiger partial charge in [0.05, 0.1) is 6.33 Å². The quantitative estimate of drug-likeness (QED) is 0.755. The Bertz CT molecular complexity index is 306. The van der Waals surface area contributed by atoms with E-state index in [1.807, 2.05) is 12.5 Å². The molecule has 3 heteroatoms. The van der Waals surface area contributed by atoms with E-state index in [9.17, 15) is 0 Å². The molecule has 84 valence electrons. The number of likely N-dealkylation sites (tertiary alicyclic amines) is 1. The molecule has 1 saturated heterocycles. The van der Waals surface area contributed by atoms with Crippen molar-refractivity contribution in [3.63, 3.8) is 0 Å². The van der Waals surface area contributed by atoms with E-state index in [0.717, 1.165) is 12.5 Å². The zero-order valence-electron chi connectivity index (χ0n) is 9.82. The Morgan fingerprint density at radius 1 is 1.47 bits per heavy atom. The largest absolute Gasteiger partial charge is 0.334 e. The average molecular weight is 207 g/mol. The van der Waals surface area contributed by atoms with Gasteiger partial charge in [0.1, 0.15) is 0 Å². The molecule has 0 saturated carbocycles. The Labute approximate surface area is 92.1 Å². The Balaban J connectivity index is 1.80. The standard InChI is InChI=1S/C12H21N3/c1-11-4-3-5-14(9-11)6-7-15-10-13-8-12(15)2/h8,10-11H,3-7,9H2,1-2H3. The van der Waals surface area contributed by atoms with Gasteiger partial charge in [0.25, 0.3) is 0 Å². The van der Waals surface area contributed by atoms with Crippen LogP contribution in [0.5, 0.6) is 0 Å². The van der Waals surface area contributed by atoms with Crippen LogP contribution in [-0.4, -0.2) is 34.1 Å². The molecule has 1 atom stereocenters. The first-order chi connectivity index (χ1) is 7.25. The summed E-state index contributed by atoms with van der Waals surface area (Å²) >= 11 is 0. The fourth-order valence-electron chi connectivity index (χ4n) is 2.36. The molecule has 0 spiro atoms. The van der Waals surface area contributed by atoms with E-state index in [1.54, 1.807) is 0 Å². The van der Waals surface area contributed by atoms with E-state index >= 15 is 0 Å². The van der Waals surface area contributed by atoms with Gasteiger partial charge in [-0.05, 0) is 32.2 Å². The van der Waals surface area contributed by atoms with Crippen molar-refractivity contribution in [1.29, 1.82) is 0 Å². The van der Waals surface area contributed by atoms with Crippen LogP contribution in [0, 0.1) is 12.8 Å². The van der Waals surface area contributed by atoms with Gasteiger partial charge in [-0.1, -0.05) is 6.92 Å². The molecule has 1 unspecified atom stereocenters. The summed E-state index contributed by atoms with van der Waals surface area (Å²) in [4.78, 5) is 6.72. The number of imidazole rings is 1. The maximum atomic E-state index is 4.14. The first-order valence-corrected chi connectivity index (χ1v) is 5.95. The van der Waals surface area contributed by atoms with Crippen molar-refractivity contribution in [2.24, 2.45) is 5.92 Å². The second-order valence-electron chi connectivity index (χ2n) is 4.78. The van der Waals surface area contributed by atoms with Crippen molar-refractivity contribution in [2.45, 2.75) is 33.2 Å². The van der Waals surface area contributed by atoms with Gasteiger partial charge in [0, 0.05) is 31.5 Å². The third-order valence-electron chi connectivity index (χ3n) is 3.32. The highest BCUT2D eigenvalue weighted by Gasteiger charge is 2.15. The monoisotopic (exact) mass is 207 g/mol. The Morgan fingerprint density at radius 3 is 3.00 bits per heavy atom. The molecular weight excluding hydrogens is 186 g/mol. The molecule has 3 nitrogen and oxygen atoms in total. The first-order valence-electron chi connectivity index (χ1n) is 5.95. The summed E-state index contributed by atoms with van der Waals surface area (Å²) in [5.41, 5.74) is 1.26. The Morgan fingerprint density at radius 2 is 2.33 bits per heavy atom. The van der Waals surface area contributed by atoms with Crippen LogP contribution < -0.4 is 0 Å². The minimum absolute atomic E-state index is 0.877. The first kappa shape index (κ1) is 10.7. The van der Waals surface area contributed by atoms with E-state index in [-0.39, 0.29) is 0 Å². The van der Waals surface area contributed by atoms with Crippen LogP contribution in [0.1, 0.15) is 25.5 Å². The average Bonchev–Trinajstić information content (AvgIpc) is 2.61. The topological polar surface area (TPSA) is 21.1 Å². The molecule has 1 aromatic rings. The van der Waals surface area contributed by atoms with Crippen molar-refractivity contribution in [2.75, 3.05) is 19.6 Å². The molecule has 1 fully saturated rings. The maximum Gasteiger partial charge on any atom is 0.0948 e. The number of aromatic nitrogens is 2. The van der Waals surface area contributed by atoms with Crippen LogP contribution in [-0.2, 0) is 6.54 Å². The SMILES string of the molecule is Cc1cncn1CCN1CCCC(C)C1. The van der Waals surface area contributed by atoms with Crippen LogP contribution in [0.2, 0.25) is 0 Å². The van der Waals surface area contributed by atoms with Crippen LogP contribution in [0.15, 0.2) is 12.5 Å². The van der Waals surface area contributed by atoms with Crippen molar-refractivity contribution >= 4 is 0 Å². The van der Waals surface area contributed by atoms with Crippen LogP contribution in [0.25, 0.3) is 0 Å². The smallest absolute Gasteiger partial charge is 0.0948 e.